The summed E-state index contributed by atoms with van der Waals surface area (Å²) in [4.78, 5) is 38.7. The molecule has 0 aromatic heterocycles. The number of rotatable bonds is 7. The van der Waals surface area contributed by atoms with Gasteiger partial charge in [-0.15, -0.1) is 0 Å². The second kappa shape index (κ2) is 9.62. The second-order valence-electron chi connectivity index (χ2n) is 7.46. The summed E-state index contributed by atoms with van der Waals surface area (Å²) in [5.41, 5.74) is 0.424. The first-order chi connectivity index (χ1) is 14.0. The molecule has 1 saturated carbocycles. The average Bonchev–Trinajstić information content (AvgIpc) is 3.14. The number of carbonyl (C=O) groups is 3. The van der Waals surface area contributed by atoms with Crippen molar-refractivity contribution in [2.45, 2.75) is 44.6 Å². The smallest absolute Gasteiger partial charge is 0.311 e. The quantitative estimate of drug-likeness (QED) is 0.701. The lowest BCUT2D eigenvalue weighted by Gasteiger charge is -2.31. The van der Waals surface area contributed by atoms with E-state index in [2.05, 4.69) is 5.32 Å². The van der Waals surface area contributed by atoms with Crippen molar-refractivity contribution in [1.82, 2.24) is 4.90 Å². The molecule has 8 heteroatoms. The third-order valence-electron chi connectivity index (χ3n) is 5.53. The van der Waals surface area contributed by atoms with Gasteiger partial charge in [0, 0.05) is 25.1 Å². The van der Waals surface area contributed by atoms with E-state index in [0.29, 0.717) is 23.7 Å². The van der Waals surface area contributed by atoms with Gasteiger partial charge in [-0.25, -0.2) is 0 Å². The molecular formula is C21H28N2O6. The summed E-state index contributed by atoms with van der Waals surface area (Å²) < 4.78 is 15.5. The summed E-state index contributed by atoms with van der Waals surface area (Å²) >= 11 is 0. The number of amides is 2. The molecule has 29 heavy (non-hydrogen) atoms. The van der Waals surface area contributed by atoms with Crippen LogP contribution < -0.4 is 14.8 Å². The zero-order chi connectivity index (χ0) is 20.8. The van der Waals surface area contributed by atoms with E-state index in [0.717, 1.165) is 25.7 Å². The molecule has 2 fully saturated rings. The highest BCUT2D eigenvalue weighted by atomic mass is 16.5. The summed E-state index contributed by atoms with van der Waals surface area (Å²) in [5.74, 6) is -0.476. The highest BCUT2D eigenvalue weighted by Gasteiger charge is 2.39. The fourth-order valence-electron chi connectivity index (χ4n) is 3.99. The maximum atomic E-state index is 12.4. The van der Waals surface area contributed by atoms with Crippen LogP contribution in [0.25, 0.3) is 0 Å². The van der Waals surface area contributed by atoms with Crippen LogP contribution in [0, 0.1) is 5.92 Å². The minimum atomic E-state index is -0.511. The number of methoxy groups -OCH3 is 2. The number of nitrogens with zero attached hydrogens (tertiary/aromatic N) is 1. The van der Waals surface area contributed by atoms with Gasteiger partial charge in [-0.3, -0.25) is 14.4 Å². The van der Waals surface area contributed by atoms with Crippen molar-refractivity contribution in [3.05, 3.63) is 18.2 Å². The SMILES string of the molecule is COc1ccc(OC)c(NC(=O)COC(=O)[C@H]2CC(=O)N(C3CCCCC3)C2)c1. The molecule has 3 rings (SSSR count). The molecule has 1 atom stereocenters. The Kier molecular flexibility index (Phi) is 6.95. The van der Waals surface area contributed by atoms with Gasteiger partial charge >= 0.3 is 5.97 Å². The first kappa shape index (κ1) is 21.0. The normalized spacial score (nSPS) is 19.7. The first-order valence-electron chi connectivity index (χ1n) is 9.99. The molecule has 0 unspecified atom stereocenters. The van der Waals surface area contributed by atoms with Crippen molar-refractivity contribution in [2.75, 3.05) is 32.7 Å². The Labute approximate surface area is 170 Å². The van der Waals surface area contributed by atoms with Crippen molar-refractivity contribution in [1.29, 1.82) is 0 Å². The Morgan fingerprint density at radius 3 is 2.59 bits per heavy atom. The number of nitrogens with one attached hydrogen (secondary N) is 1. The van der Waals surface area contributed by atoms with E-state index < -0.39 is 24.4 Å². The largest absolute Gasteiger partial charge is 0.497 e. The van der Waals surface area contributed by atoms with Crippen LogP contribution in [0.15, 0.2) is 18.2 Å². The van der Waals surface area contributed by atoms with E-state index in [9.17, 15) is 14.4 Å². The second-order valence-corrected chi connectivity index (χ2v) is 7.46. The number of anilines is 1. The molecule has 0 spiro atoms. The summed E-state index contributed by atoms with van der Waals surface area (Å²) in [6, 6.07) is 5.24. The van der Waals surface area contributed by atoms with Gasteiger partial charge in [-0.1, -0.05) is 19.3 Å². The topological polar surface area (TPSA) is 94.2 Å². The molecular weight excluding hydrogens is 376 g/mol. The number of hydrogen-bond donors (Lipinski definition) is 1. The number of benzene rings is 1. The van der Waals surface area contributed by atoms with Crippen molar-refractivity contribution in [3.8, 4) is 11.5 Å². The summed E-state index contributed by atoms with van der Waals surface area (Å²) in [5, 5.41) is 2.65. The van der Waals surface area contributed by atoms with Crippen LogP contribution in [0.2, 0.25) is 0 Å². The minimum Gasteiger partial charge on any atom is -0.497 e. The van der Waals surface area contributed by atoms with Crippen molar-refractivity contribution in [3.63, 3.8) is 0 Å². The molecule has 8 nitrogen and oxygen atoms in total. The molecule has 2 amide bonds. The van der Waals surface area contributed by atoms with Crippen LogP contribution in [0.1, 0.15) is 38.5 Å². The van der Waals surface area contributed by atoms with Gasteiger partial charge in [0.2, 0.25) is 5.91 Å². The molecule has 1 saturated heterocycles. The highest BCUT2D eigenvalue weighted by Crippen LogP contribution is 2.30. The van der Waals surface area contributed by atoms with Crippen LogP contribution in [-0.4, -0.2) is 56.1 Å². The van der Waals surface area contributed by atoms with Gasteiger partial charge in [-0.2, -0.15) is 0 Å². The predicted octanol–water partition coefficient (Wildman–Crippen LogP) is 2.37. The van der Waals surface area contributed by atoms with E-state index in [-0.39, 0.29) is 18.4 Å². The molecule has 0 bridgehead atoms. The van der Waals surface area contributed by atoms with Gasteiger partial charge in [0.05, 0.1) is 25.8 Å². The van der Waals surface area contributed by atoms with Gasteiger partial charge < -0.3 is 24.4 Å². The molecule has 0 radical (unpaired) electrons. The van der Waals surface area contributed by atoms with Gasteiger partial charge in [-0.05, 0) is 25.0 Å². The maximum Gasteiger partial charge on any atom is 0.311 e. The summed E-state index contributed by atoms with van der Waals surface area (Å²) in [6.45, 7) is -0.0407. The van der Waals surface area contributed by atoms with Gasteiger partial charge in [0.15, 0.2) is 6.61 Å². The Hall–Kier alpha value is -2.77. The molecule has 1 heterocycles. The molecule has 1 aromatic carbocycles. The number of hydrogen-bond acceptors (Lipinski definition) is 6. The third-order valence-corrected chi connectivity index (χ3v) is 5.53. The van der Waals surface area contributed by atoms with Crippen LogP contribution in [0.3, 0.4) is 0 Å². The average molecular weight is 404 g/mol. The molecule has 1 N–H and O–H groups in total. The lowest BCUT2D eigenvalue weighted by atomic mass is 9.94. The number of likely N-dealkylation sites (tertiary alicyclic amines) is 1. The third kappa shape index (κ3) is 5.19. The Bertz CT molecular complexity index is 760. The molecule has 1 aliphatic heterocycles. The molecule has 1 aliphatic carbocycles. The van der Waals surface area contributed by atoms with Gasteiger partial charge in [0.1, 0.15) is 11.5 Å². The van der Waals surface area contributed by atoms with E-state index in [1.54, 1.807) is 18.2 Å². The Morgan fingerprint density at radius 1 is 1.14 bits per heavy atom. The summed E-state index contributed by atoms with van der Waals surface area (Å²) in [7, 11) is 3.02. The zero-order valence-electron chi connectivity index (χ0n) is 16.9. The van der Waals surface area contributed by atoms with Crippen LogP contribution in [-0.2, 0) is 19.1 Å². The van der Waals surface area contributed by atoms with E-state index in [1.165, 1.54) is 20.6 Å². The van der Waals surface area contributed by atoms with E-state index in [4.69, 9.17) is 14.2 Å². The Morgan fingerprint density at radius 2 is 1.90 bits per heavy atom. The molecule has 1 aromatic rings. The molecule has 158 valence electrons. The lowest BCUT2D eigenvalue weighted by Crippen LogP contribution is -2.38. The fraction of sp³-hybridized carbons (Fsp3) is 0.571. The van der Waals surface area contributed by atoms with Crippen LogP contribution in [0.5, 0.6) is 11.5 Å². The number of ether oxygens (including phenoxy) is 3. The highest BCUT2D eigenvalue weighted by molar-refractivity contribution is 5.95. The summed E-state index contributed by atoms with van der Waals surface area (Å²) in [6.07, 6.45) is 5.60. The minimum absolute atomic E-state index is 0.00409. The standard InChI is InChI=1S/C21H28N2O6/c1-27-16-8-9-18(28-2)17(11-16)22-19(24)13-29-21(26)14-10-20(25)23(12-14)15-6-4-3-5-7-15/h8-9,11,14-15H,3-7,10,12-13H2,1-2H3,(H,22,24)/t14-/m0/s1. The van der Waals surface area contributed by atoms with Gasteiger partial charge in [0.25, 0.3) is 5.91 Å². The van der Waals surface area contributed by atoms with E-state index in [1.807, 2.05) is 4.90 Å². The monoisotopic (exact) mass is 404 g/mol. The van der Waals surface area contributed by atoms with Crippen molar-refractivity contribution in [2.24, 2.45) is 5.92 Å². The van der Waals surface area contributed by atoms with Crippen LogP contribution in [0.4, 0.5) is 5.69 Å². The van der Waals surface area contributed by atoms with Crippen molar-refractivity contribution < 1.29 is 28.6 Å². The zero-order valence-corrected chi connectivity index (χ0v) is 16.9. The number of carbonyl (C=O) groups excluding carboxylic acids is 3. The predicted molar refractivity (Wildman–Crippen MR) is 106 cm³/mol. The van der Waals surface area contributed by atoms with Crippen molar-refractivity contribution >= 4 is 23.5 Å². The molecule has 2 aliphatic rings. The first-order valence-corrected chi connectivity index (χ1v) is 9.99. The number of esters is 1. The maximum absolute atomic E-state index is 12.4. The fourth-order valence-corrected chi connectivity index (χ4v) is 3.99. The van der Waals surface area contributed by atoms with Crippen LogP contribution >= 0.6 is 0 Å². The lowest BCUT2D eigenvalue weighted by molar-refractivity contribution is -0.151. The van der Waals surface area contributed by atoms with E-state index >= 15 is 0 Å². The Balaban J connectivity index is 1.50.